The van der Waals surface area contributed by atoms with Crippen molar-refractivity contribution in [2.24, 2.45) is 5.73 Å². The standard InChI is InChI=1S/C13H20N2O2/c1-9(14)12(16)15-10-5-7-11(8-6-10)17-13(2,3)4/h5-9H,14H2,1-4H3,(H,15,16)/t9-/m0/s1. The molecule has 0 fully saturated rings. The molecule has 3 N–H and O–H groups in total. The zero-order valence-electron chi connectivity index (χ0n) is 10.8. The van der Waals surface area contributed by atoms with Crippen LogP contribution in [0.5, 0.6) is 5.75 Å². The topological polar surface area (TPSA) is 64.4 Å². The van der Waals surface area contributed by atoms with Gasteiger partial charge in [-0.3, -0.25) is 4.79 Å². The highest BCUT2D eigenvalue weighted by atomic mass is 16.5. The molecule has 0 radical (unpaired) electrons. The van der Waals surface area contributed by atoms with Crippen LogP contribution in [0.25, 0.3) is 0 Å². The number of hydrogen-bond donors (Lipinski definition) is 2. The Bertz CT molecular complexity index is 377. The van der Waals surface area contributed by atoms with Gasteiger partial charge in [-0.2, -0.15) is 0 Å². The normalized spacial score (nSPS) is 13.0. The summed E-state index contributed by atoms with van der Waals surface area (Å²) in [5.74, 6) is 0.575. The van der Waals surface area contributed by atoms with Crippen LogP contribution in [0.2, 0.25) is 0 Å². The average Bonchev–Trinajstić information content (AvgIpc) is 2.18. The van der Waals surface area contributed by atoms with Gasteiger partial charge in [0.2, 0.25) is 5.91 Å². The Balaban J connectivity index is 2.65. The van der Waals surface area contributed by atoms with Gasteiger partial charge in [0, 0.05) is 5.69 Å². The van der Waals surface area contributed by atoms with Crippen LogP contribution >= 0.6 is 0 Å². The molecule has 1 atom stereocenters. The van der Waals surface area contributed by atoms with Gasteiger partial charge in [0.05, 0.1) is 6.04 Å². The summed E-state index contributed by atoms with van der Waals surface area (Å²) in [6.07, 6.45) is 0. The van der Waals surface area contributed by atoms with Crippen LogP contribution in [0.15, 0.2) is 24.3 Å². The Morgan fingerprint density at radius 1 is 1.29 bits per heavy atom. The van der Waals surface area contributed by atoms with Crippen molar-refractivity contribution in [3.8, 4) is 5.75 Å². The van der Waals surface area contributed by atoms with Crippen LogP contribution in [0.1, 0.15) is 27.7 Å². The lowest BCUT2D eigenvalue weighted by Gasteiger charge is -2.21. The van der Waals surface area contributed by atoms with E-state index in [0.29, 0.717) is 5.69 Å². The first-order valence-electron chi connectivity index (χ1n) is 5.63. The molecule has 0 aliphatic carbocycles. The second-order valence-corrected chi connectivity index (χ2v) is 5.02. The summed E-state index contributed by atoms with van der Waals surface area (Å²) in [5.41, 5.74) is 5.95. The number of anilines is 1. The third kappa shape index (κ3) is 4.87. The van der Waals surface area contributed by atoms with E-state index in [0.717, 1.165) is 5.75 Å². The van der Waals surface area contributed by atoms with Gasteiger partial charge in [0.15, 0.2) is 0 Å². The molecule has 0 aliphatic heterocycles. The summed E-state index contributed by atoms with van der Waals surface area (Å²) in [6, 6.07) is 6.72. The van der Waals surface area contributed by atoms with E-state index in [-0.39, 0.29) is 11.5 Å². The van der Waals surface area contributed by atoms with Gasteiger partial charge in [-0.15, -0.1) is 0 Å². The van der Waals surface area contributed by atoms with Crippen LogP contribution in [-0.4, -0.2) is 17.6 Å². The molecule has 0 aliphatic rings. The molecule has 94 valence electrons. The van der Waals surface area contributed by atoms with Crippen LogP contribution in [-0.2, 0) is 4.79 Å². The molecule has 0 unspecified atom stereocenters. The highest BCUT2D eigenvalue weighted by molar-refractivity contribution is 5.94. The van der Waals surface area contributed by atoms with E-state index in [1.807, 2.05) is 32.9 Å². The van der Waals surface area contributed by atoms with E-state index in [2.05, 4.69) is 5.32 Å². The molecule has 0 heterocycles. The minimum absolute atomic E-state index is 0.200. The third-order valence-electron chi connectivity index (χ3n) is 1.96. The van der Waals surface area contributed by atoms with Crippen LogP contribution in [0.3, 0.4) is 0 Å². The molecule has 4 nitrogen and oxygen atoms in total. The molecule has 0 spiro atoms. The molecule has 0 saturated carbocycles. The summed E-state index contributed by atoms with van der Waals surface area (Å²) >= 11 is 0. The third-order valence-corrected chi connectivity index (χ3v) is 1.96. The summed E-state index contributed by atoms with van der Waals surface area (Å²) < 4.78 is 5.67. The van der Waals surface area contributed by atoms with Crippen molar-refractivity contribution < 1.29 is 9.53 Å². The fourth-order valence-electron chi connectivity index (χ4n) is 1.22. The summed E-state index contributed by atoms with van der Waals surface area (Å²) in [7, 11) is 0. The van der Waals surface area contributed by atoms with Crippen molar-refractivity contribution in [1.82, 2.24) is 0 Å². The zero-order chi connectivity index (χ0) is 13.1. The monoisotopic (exact) mass is 236 g/mol. The zero-order valence-corrected chi connectivity index (χ0v) is 10.8. The van der Waals surface area contributed by atoms with E-state index in [1.165, 1.54) is 0 Å². The molecule has 0 saturated heterocycles. The highest BCUT2D eigenvalue weighted by Gasteiger charge is 2.12. The molecule has 17 heavy (non-hydrogen) atoms. The largest absolute Gasteiger partial charge is 0.488 e. The minimum atomic E-state index is -0.513. The van der Waals surface area contributed by atoms with Gasteiger partial charge >= 0.3 is 0 Å². The fraction of sp³-hybridized carbons (Fsp3) is 0.462. The van der Waals surface area contributed by atoms with E-state index < -0.39 is 6.04 Å². The fourth-order valence-corrected chi connectivity index (χ4v) is 1.22. The summed E-state index contributed by atoms with van der Waals surface area (Å²) in [5, 5.41) is 2.71. The maximum Gasteiger partial charge on any atom is 0.240 e. The van der Waals surface area contributed by atoms with Crippen molar-refractivity contribution in [3.05, 3.63) is 24.3 Å². The number of nitrogens with one attached hydrogen (secondary N) is 1. The highest BCUT2D eigenvalue weighted by Crippen LogP contribution is 2.20. The van der Waals surface area contributed by atoms with Crippen molar-refractivity contribution in [1.29, 1.82) is 0 Å². The second-order valence-electron chi connectivity index (χ2n) is 5.02. The first-order chi connectivity index (χ1) is 7.78. The Kier molecular flexibility index (Phi) is 4.12. The van der Waals surface area contributed by atoms with Crippen molar-refractivity contribution in [2.45, 2.75) is 39.3 Å². The maximum absolute atomic E-state index is 11.4. The Morgan fingerprint density at radius 3 is 2.24 bits per heavy atom. The Labute approximate surface area is 102 Å². The first kappa shape index (κ1) is 13.5. The number of hydrogen-bond acceptors (Lipinski definition) is 3. The van der Waals surface area contributed by atoms with Gasteiger partial charge < -0.3 is 15.8 Å². The van der Waals surface area contributed by atoms with Crippen LogP contribution in [0.4, 0.5) is 5.69 Å². The Hall–Kier alpha value is -1.55. The van der Waals surface area contributed by atoms with E-state index in [1.54, 1.807) is 19.1 Å². The van der Waals surface area contributed by atoms with Crippen LogP contribution in [0, 0.1) is 0 Å². The van der Waals surface area contributed by atoms with Gasteiger partial charge in [0.1, 0.15) is 11.4 Å². The quantitative estimate of drug-likeness (QED) is 0.845. The van der Waals surface area contributed by atoms with E-state index in [9.17, 15) is 4.79 Å². The number of amides is 1. The average molecular weight is 236 g/mol. The molecule has 0 bridgehead atoms. The maximum atomic E-state index is 11.4. The first-order valence-corrected chi connectivity index (χ1v) is 5.63. The van der Waals surface area contributed by atoms with Gasteiger partial charge in [0.25, 0.3) is 0 Å². The van der Waals surface area contributed by atoms with Gasteiger partial charge in [-0.1, -0.05) is 0 Å². The SMILES string of the molecule is C[C@H](N)C(=O)Nc1ccc(OC(C)(C)C)cc1. The molecule has 1 aromatic rings. The number of carbonyl (C=O) groups excluding carboxylic acids is 1. The van der Waals surface area contributed by atoms with Crippen molar-refractivity contribution in [3.63, 3.8) is 0 Å². The lowest BCUT2D eigenvalue weighted by Crippen LogP contribution is -2.32. The predicted octanol–water partition coefficient (Wildman–Crippen LogP) is 2.15. The number of benzene rings is 1. The van der Waals surface area contributed by atoms with E-state index in [4.69, 9.17) is 10.5 Å². The molecule has 0 aromatic heterocycles. The number of ether oxygens (including phenoxy) is 1. The van der Waals surface area contributed by atoms with Gasteiger partial charge in [-0.05, 0) is 52.0 Å². The molecule has 4 heteroatoms. The van der Waals surface area contributed by atoms with Crippen molar-refractivity contribution in [2.75, 3.05) is 5.32 Å². The Morgan fingerprint density at radius 2 is 1.82 bits per heavy atom. The summed E-state index contributed by atoms with van der Waals surface area (Å²) in [4.78, 5) is 11.4. The van der Waals surface area contributed by atoms with Gasteiger partial charge in [-0.25, -0.2) is 0 Å². The van der Waals surface area contributed by atoms with E-state index >= 15 is 0 Å². The molecule has 1 amide bonds. The second kappa shape index (κ2) is 5.19. The number of carbonyl (C=O) groups is 1. The smallest absolute Gasteiger partial charge is 0.240 e. The molecular weight excluding hydrogens is 216 g/mol. The number of rotatable bonds is 3. The van der Waals surface area contributed by atoms with Crippen molar-refractivity contribution >= 4 is 11.6 Å². The summed E-state index contributed by atoms with van der Waals surface area (Å²) in [6.45, 7) is 7.60. The molecular formula is C13H20N2O2. The number of nitrogens with two attached hydrogens (primary N) is 1. The lowest BCUT2D eigenvalue weighted by atomic mass is 10.2. The molecule has 1 aromatic carbocycles. The lowest BCUT2D eigenvalue weighted by molar-refractivity contribution is -0.117. The molecule has 1 rings (SSSR count). The predicted molar refractivity (Wildman–Crippen MR) is 69.1 cm³/mol. The minimum Gasteiger partial charge on any atom is -0.488 e. The van der Waals surface area contributed by atoms with Crippen LogP contribution < -0.4 is 15.8 Å².